The van der Waals surface area contributed by atoms with Gasteiger partial charge in [-0.3, -0.25) is 14.4 Å². The molecule has 2 unspecified atom stereocenters. The molecule has 0 fully saturated rings. The number of esters is 1. The van der Waals surface area contributed by atoms with Crippen molar-refractivity contribution in [1.82, 2.24) is 15.5 Å². The lowest BCUT2D eigenvalue weighted by Crippen LogP contribution is -2.54. The molecule has 10 nitrogen and oxygen atoms in total. The number of alkyl carbamates (subject to hydrolysis) is 1. The van der Waals surface area contributed by atoms with E-state index in [0.717, 1.165) is 5.56 Å². The number of aliphatic hydroxyl groups is 1. The van der Waals surface area contributed by atoms with Crippen LogP contribution in [0.25, 0.3) is 0 Å². The van der Waals surface area contributed by atoms with Crippen LogP contribution in [0.1, 0.15) is 37.9 Å². The fourth-order valence-corrected chi connectivity index (χ4v) is 2.97. The third-order valence-corrected chi connectivity index (χ3v) is 4.46. The van der Waals surface area contributed by atoms with Gasteiger partial charge in [-0.15, -0.1) is 6.58 Å². The van der Waals surface area contributed by atoms with Gasteiger partial charge in [0.15, 0.2) is 0 Å². The molecule has 0 heterocycles. The first-order chi connectivity index (χ1) is 15.4. The van der Waals surface area contributed by atoms with Crippen molar-refractivity contribution in [2.24, 2.45) is 0 Å². The molecule has 10 heteroatoms. The molecule has 1 aromatic rings. The summed E-state index contributed by atoms with van der Waals surface area (Å²) in [5.41, 5.74) is 0.410. The number of nitrogens with zero attached hydrogens (tertiary/aromatic N) is 1. The smallest absolute Gasteiger partial charge is 0.408 e. The zero-order chi connectivity index (χ0) is 25.2. The van der Waals surface area contributed by atoms with Gasteiger partial charge in [0.25, 0.3) is 0 Å². The van der Waals surface area contributed by atoms with Gasteiger partial charge in [-0.25, -0.2) is 4.79 Å². The Hall–Kier alpha value is -3.40. The second kappa shape index (κ2) is 12.6. The maximum Gasteiger partial charge on any atom is 0.408 e. The predicted molar refractivity (Wildman–Crippen MR) is 121 cm³/mol. The Morgan fingerprint density at radius 3 is 2.36 bits per heavy atom. The summed E-state index contributed by atoms with van der Waals surface area (Å²) < 4.78 is 9.73. The van der Waals surface area contributed by atoms with Crippen molar-refractivity contribution in [1.29, 1.82) is 0 Å². The summed E-state index contributed by atoms with van der Waals surface area (Å²) in [7, 11) is 1.19. The van der Waals surface area contributed by atoms with Crippen LogP contribution in [-0.4, -0.2) is 72.3 Å². The number of aryl methyl sites for hydroxylation is 1. The summed E-state index contributed by atoms with van der Waals surface area (Å²) in [6.07, 6.45) is 0.523. The van der Waals surface area contributed by atoms with Gasteiger partial charge in [-0.2, -0.15) is 0 Å². The fraction of sp³-hybridized carbons (Fsp3) is 0.478. The molecule has 0 aromatic heterocycles. The highest BCUT2D eigenvalue weighted by Crippen LogP contribution is 2.25. The summed E-state index contributed by atoms with van der Waals surface area (Å²) >= 11 is 0. The van der Waals surface area contributed by atoms with E-state index in [4.69, 9.17) is 4.74 Å². The number of nitrogens with one attached hydrogen (secondary N) is 2. The van der Waals surface area contributed by atoms with Gasteiger partial charge >= 0.3 is 12.1 Å². The third kappa shape index (κ3) is 8.57. The summed E-state index contributed by atoms with van der Waals surface area (Å²) in [4.78, 5) is 51.4. The van der Waals surface area contributed by atoms with Crippen LogP contribution in [0.4, 0.5) is 4.79 Å². The van der Waals surface area contributed by atoms with E-state index in [1.807, 2.05) is 0 Å². The quantitative estimate of drug-likeness (QED) is 0.351. The van der Waals surface area contributed by atoms with Crippen LogP contribution in [0.5, 0.6) is 0 Å². The third-order valence-electron chi connectivity index (χ3n) is 4.46. The van der Waals surface area contributed by atoms with Crippen molar-refractivity contribution >= 4 is 23.9 Å². The van der Waals surface area contributed by atoms with E-state index in [1.165, 1.54) is 18.1 Å². The summed E-state index contributed by atoms with van der Waals surface area (Å²) in [5, 5.41) is 14.6. The van der Waals surface area contributed by atoms with Crippen LogP contribution in [0.2, 0.25) is 0 Å². The van der Waals surface area contributed by atoms with E-state index in [-0.39, 0.29) is 6.54 Å². The van der Waals surface area contributed by atoms with E-state index >= 15 is 0 Å². The molecule has 2 atom stereocenters. The van der Waals surface area contributed by atoms with Crippen LogP contribution in [0.15, 0.2) is 36.9 Å². The Morgan fingerprint density at radius 2 is 1.85 bits per heavy atom. The number of benzene rings is 1. The van der Waals surface area contributed by atoms with E-state index in [2.05, 4.69) is 21.9 Å². The first kappa shape index (κ1) is 27.6. The number of hydrogen-bond donors (Lipinski definition) is 3. The number of methoxy groups -OCH3 is 1. The lowest BCUT2D eigenvalue weighted by Gasteiger charge is -2.34. The molecule has 3 N–H and O–H groups in total. The molecule has 0 aliphatic rings. The van der Waals surface area contributed by atoms with Crippen LogP contribution < -0.4 is 10.6 Å². The Morgan fingerprint density at radius 1 is 1.21 bits per heavy atom. The van der Waals surface area contributed by atoms with E-state index in [9.17, 15) is 24.3 Å². The standard InChI is InChI=1S/C23H33N3O7/c1-7-12-26(21(30)17(14-27)25-22(31)33-23(3,4)5)19(16-11-9-8-10-15(16)2)20(29)24-13-18(28)32-6/h7-11,17,19,27H,1,12-14H2,2-6H3,(H,24,29)(H,25,31). The topological polar surface area (TPSA) is 134 Å². The second-order valence-electron chi connectivity index (χ2n) is 8.21. The van der Waals surface area contributed by atoms with Crippen LogP contribution >= 0.6 is 0 Å². The number of rotatable bonds is 10. The molecule has 182 valence electrons. The maximum atomic E-state index is 13.4. The highest BCUT2D eigenvalue weighted by Gasteiger charge is 2.36. The first-order valence-electron chi connectivity index (χ1n) is 10.4. The van der Waals surface area contributed by atoms with Gasteiger partial charge in [0.05, 0.1) is 13.7 Å². The highest BCUT2D eigenvalue weighted by atomic mass is 16.6. The molecule has 33 heavy (non-hydrogen) atoms. The molecule has 0 saturated carbocycles. The molecular weight excluding hydrogens is 430 g/mol. The number of carbonyl (C=O) groups excluding carboxylic acids is 4. The van der Waals surface area contributed by atoms with E-state index in [0.29, 0.717) is 5.56 Å². The number of hydrogen-bond acceptors (Lipinski definition) is 7. The summed E-state index contributed by atoms with van der Waals surface area (Å²) in [6.45, 7) is 9.20. The predicted octanol–water partition coefficient (Wildman–Crippen LogP) is 1.23. The molecule has 0 saturated heterocycles. The monoisotopic (exact) mass is 463 g/mol. The average Bonchev–Trinajstić information content (AvgIpc) is 2.74. The molecule has 0 bridgehead atoms. The van der Waals surface area contributed by atoms with Gasteiger partial charge in [0, 0.05) is 6.54 Å². The van der Waals surface area contributed by atoms with Crippen LogP contribution in [0.3, 0.4) is 0 Å². The van der Waals surface area contributed by atoms with E-state index < -0.39 is 54.7 Å². The Balaban J connectivity index is 3.33. The van der Waals surface area contributed by atoms with Crippen molar-refractivity contribution in [2.75, 3.05) is 26.8 Å². The summed E-state index contributed by atoms with van der Waals surface area (Å²) in [6, 6.07) is 4.39. The first-order valence-corrected chi connectivity index (χ1v) is 10.4. The molecule has 0 aliphatic heterocycles. The minimum Gasteiger partial charge on any atom is -0.468 e. The maximum absolute atomic E-state index is 13.4. The normalized spacial score (nSPS) is 12.7. The number of ether oxygens (including phenoxy) is 2. The summed E-state index contributed by atoms with van der Waals surface area (Å²) in [5.74, 6) is -2.03. The lowest BCUT2D eigenvalue weighted by molar-refractivity contribution is -0.144. The van der Waals surface area contributed by atoms with Crippen molar-refractivity contribution in [3.63, 3.8) is 0 Å². The van der Waals surface area contributed by atoms with Crippen molar-refractivity contribution in [3.05, 3.63) is 48.0 Å². The van der Waals surface area contributed by atoms with E-state index in [1.54, 1.807) is 52.0 Å². The minimum atomic E-state index is -1.38. The molecule has 1 rings (SSSR count). The average molecular weight is 464 g/mol. The molecule has 0 spiro atoms. The fourth-order valence-electron chi connectivity index (χ4n) is 2.97. The van der Waals surface area contributed by atoms with Crippen molar-refractivity contribution in [2.45, 2.75) is 45.4 Å². The van der Waals surface area contributed by atoms with Gasteiger partial charge in [0.1, 0.15) is 24.2 Å². The van der Waals surface area contributed by atoms with Gasteiger partial charge < -0.3 is 30.1 Å². The molecule has 1 aromatic carbocycles. The minimum absolute atomic E-state index is 0.0734. The molecular formula is C23H33N3O7. The highest BCUT2D eigenvalue weighted by molar-refractivity contribution is 5.93. The van der Waals surface area contributed by atoms with Gasteiger partial charge in [-0.05, 0) is 38.8 Å². The second-order valence-corrected chi connectivity index (χ2v) is 8.21. The zero-order valence-electron chi connectivity index (χ0n) is 19.7. The van der Waals surface area contributed by atoms with Crippen LogP contribution in [0, 0.1) is 6.92 Å². The Kier molecular flexibility index (Phi) is 10.5. The Bertz CT molecular complexity index is 864. The number of amides is 3. The largest absolute Gasteiger partial charge is 0.468 e. The van der Waals surface area contributed by atoms with Crippen molar-refractivity contribution in [3.8, 4) is 0 Å². The molecule has 0 radical (unpaired) electrons. The van der Waals surface area contributed by atoms with Gasteiger partial charge in [0.2, 0.25) is 11.8 Å². The zero-order valence-corrected chi connectivity index (χ0v) is 19.7. The molecule has 0 aliphatic carbocycles. The lowest BCUT2D eigenvalue weighted by atomic mass is 9.98. The Labute approximate surface area is 193 Å². The SMILES string of the molecule is C=CCN(C(=O)C(CO)NC(=O)OC(C)(C)C)C(C(=O)NCC(=O)OC)c1ccccc1C. The van der Waals surface area contributed by atoms with Crippen LogP contribution in [-0.2, 0) is 23.9 Å². The number of carbonyl (C=O) groups is 4. The van der Waals surface area contributed by atoms with Crippen molar-refractivity contribution < 1.29 is 33.8 Å². The van der Waals surface area contributed by atoms with Gasteiger partial charge in [-0.1, -0.05) is 30.3 Å². The number of aliphatic hydroxyl groups excluding tert-OH is 1. The molecule has 3 amide bonds.